The number of rotatable bonds is 7. The number of nitrogens with one attached hydrogen (secondary N) is 1. The fraction of sp³-hybridized carbons (Fsp3) is 0.167. The number of carbonyl (C=O) groups excluding carboxylic acids is 2. The number of hydrogen-bond donors (Lipinski definition) is 1. The normalized spacial score (nSPS) is 13.6. The first kappa shape index (κ1) is 23.6. The Morgan fingerprint density at radius 3 is 2.35 bits per heavy atom. The van der Waals surface area contributed by atoms with E-state index in [0.29, 0.717) is 35.3 Å². The van der Waals surface area contributed by atoms with Crippen molar-refractivity contribution in [2.24, 2.45) is 0 Å². The van der Waals surface area contributed by atoms with E-state index in [-0.39, 0.29) is 21.9 Å². The molecule has 0 aromatic heterocycles. The fourth-order valence-corrected chi connectivity index (χ4v) is 4.50. The summed E-state index contributed by atoms with van der Waals surface area (Å²) >= 11 is 5.91. The van der Waals surface area contributed by atoms with Gasteiger partial charge in [-0.25, -0.2) is 13.2 Å². The lowest BCUT2D eigenvalue weighted by molar-refractivity contribution is 0.0319. The van der Waals surface area contributed by atoms with Gasteiger partial charge in [-0.1, -0.05) is 23.7 Å². The molecular weight excluding hydrogens is 482 g/mol. The topological polar surface area (TPSA) is 108 Å². The van der Waals surface area contributed by atoms with Gasteiger partial charge in [0.15, 0.2) is 17.6 Å². The predicted molar refractivity (Wildman–Crippen MR) is 125 cm³/mol. The SMILES string of the molecule is CC(OC(=O)c1ccc(NS(=O)(=O)c2ccc3c(c2)OCCO3)cc1)C(=O)c1cccc(Cl)c1. The zero-order valence-electron chi connectivity index (χ0n) is 18.0. The molecule has 1 heterocycles. The van der Waals surface area contributed by atoms with E-state index < -0.39 is 22.1 Å². The lowest BCUT2D eigenvalue weighted by Gasteiger charge is -2.19. The molecule has 1 unspecified atom stereocenters. The number of carbonyl (C=O) groups is 2. The Balaban J connectivity index is 1.41. The maximum Gasteiger partial charge on any atom is 0.338 e. The Labute approximate surface area is 201 Å². The van der Waals surface area contributed by atoms with E-state index in [1.165, 1.54) is 55.5 Å². The largest absolute Gasteiger partial charge is 0.486 e. The molecule has 0 amide bonds. The van der Waals surface area contributed by atoms with E-state index >= 15 is 0 Å². The summed E-state index contributed by atoms with van der Waals surface area (Å²) < 4.78 is 44.0. The van der Waals surface area contributed by atoms with Crippen LogP contribution in [0.1, 0.15) is 27.6 Å². The standard InChI is InChI=1S/C24H20ClNO7S/c1-15(23(27)17-3-2-4-18(25)13-17)33-24(28)16-5-7-19(8-6-16)26-34(29,30)20-9-10-21-22(14-20)32-12-11-31-21/h2-10,13-15,26H,11-12H2,1H3. The Morgan fingerprint density at radius 1 is 0.941 bits per heavy atom. The molecule has 1 aliphatic heterocycles. The molecule has 3 aromatic carbocycles. The van der Waals surface area contributed by atoms with Gasteiger partial charge in [-0.15, -0.1) is 0 Å². The Bertz CT molecular complexity index is 1340. The summed E-state index contributed by atoms with van der Waals surface area (Å²) in [5.74, 6) is -0.270. The van der Waals surface area contributed by atoms with Crippen molar-refractivity contribution in [1.82, 2.24) is 0 Å². The van der Waals surface area contributed by atoms with Gasteiger partial charge in [0.25, 0.3) is 10.0 Å². The number of sulfonamides is 1. The summed E-state index contributed by atoms with van der Waals surface area (Å²) in [5, 5.41) is 0.402. The minimum atomic E-state index is -3.90. The van der Waals surface area contributed by atoms with Crippen LogP contribution >= 0.6 is 11.6 Å². The number of hydrogen-bond acceptors (Lipinski definition) is 7. The highest BCUT2D eigenvalue weighted by molar-refractivity contribution is 7.92. The molecule has 0 saturated carbocycles. The molecule has 176 valence electrons. The van der Waals surface area contributed by atoms with E-state index in [4.69, 9.17) is 25.8 Å². The molecular formula is C24H20ClNO7S. The number of fused-ring (bicyclic) bond motifs is 1. The van der Waals surface area contributed by atoms with Crippen molar-refractivity contribution < 1.29 is 32.2 Å². The molecule has 1 aliphatic rings. The molecule has 4 rings (SSSR count). The molecule has 3 aromatic rings. The van der Waals surface area contributed by atoms with Gasteiger partial charge in [0.05, 0.1) is 10.5 Å². The van der Waals surface area contributed by atoms with Crippen LogP contribution in [0.25, 0.3) is 0 Å². The van der Waals surface area contributed by atoms with Gasteiger partial charge in [-0.3, -0.25) is 9.52 Å². The number of halogens is 1. The maximum atomic E-state index is 12.7. The second-order valence-corrected chi connectivity index (χ2v) is 9.53. The van der Waals surface area contributed by atoms with Crippen molar-refractivity contribution in [2.75, 3.05) is 17.9 Å². The quantitative estimate of drug-likeness (QED) is 0.379. The van der Waals surface area contributed by atoms with Crippen molar-refractivity contribution in [2.45, 2.75) is 17.9 Å². The first-order valence-corrected chi connectivity index (χ1v) is 12.1. The third-order valence-electron chi connectivity index (χ3n) is 4.96. The summed E-state index contributed by atoms with van der Waals surface area (Å²) in [6.45, 7) is 2.21. The first-order chi connectivity index (χ1) is 16.2. The summed E-state index contributed by atoms with van der Waals surface area (Å²) in [4.78, 5) is 24.9. The molecule has 10 heteroatoms. The van der Waals surface area contributed by atoms with Gasteiger partial charge >= 0.3 is 5.97 Å². The lowest BCUT2D eigenvalue weighted by atomic mass is 10.1. The fourth-order valence-electron chi connectivity index (χ4n) is 3.24. The van der Waals surface area contributed by atoms with Crippen LogP contribution in [-0.4, -0.2) is 39.5 Å². The second kappa shape index (κ2) is 9.74. The summed E-state index contributed by atoms with van der Waals surface area (Å²) in [5.41, 5.74) is 0.735. The smallest absolute Gasteiger partial charge is 0.338 e. The highest BCUT2D eigenvalue weighted by Crippen LogP contribution is 2.32. The van der Waals surface area contributed by atoms with E-state index in [1.807, 2.05) is 0 Å². The Hall–Kier alpha value is -3.56. The highest BCUT2D eigenvalue weighted by atomic mass is 35.5. The minimum absolute atomic E-state index is 0.00795. The number of benzene rings is 3. The van der Waals surface area contributed by atoms with Crippen molar-refractivity contribution in [3.05, 3.63) is 82.9 Å². The van der Waals surface area contributed by atoms with Gasteiger partial charge < -0.3 is 14.2 Å². The van der Waals surface area contributed by atoms with Crippen LogP contribution < -0.4 is 14.2 Å². The highest BCUT2D eigenvalue weighted by Gasteiger charge is 2.22. The summed E-state index contributed by atoms with van der Waals surface area (Å²) in [7, 11) is -3.90. The second-order valence-electron chi connectivity index (χ2n) is 7.41. The van der Waals surface area contributed by atoms with Crippen molar-refractivity contribution in [3.63, 3.8) is 0 Å². The number of Topliss-reactive ketones (excluding diaryl/α,β-unsaturated/α-hetero) is 1. The van der Waals surface area contributed by atoms with Gasteiger partial charge in [-0.05, 0) is 55.5 Å². The van der Waals surface area contributed by atoms with Gasteiger partial charge in [-0.2, -0.15) is 0 Å². The average molecular weight is 502 g/mol. The van der Waals surface area contributed by atoms with Crippen LogP contribution in [-0.2, 0) is 14.8 Å². The van der Waals surface area contributed by atoms with E-state index in [0.717, 1.165) is 0 Å². The molecule has 1 N–H and O–H groups in total. The Kier molecular flexibility index (Phi) is 6.76. The van der Waals surface area contributed by atoms with Crippen LogP contribution in [0, 0.1) is 0 Å². The number of ketones is 1. The lowest BCUT2D eigenvalue weighted by Crippen LogP contribution is -2.24. The molecule has 0 saturated heterocycles. The molecule has 8 nitrogen and oxygen atoms in total. The van der Waals surface area contributed by atoms with Gasteiger partial charge in [0, 0.05) is 22.3 Å². The third-order valence-corrected chi connectivity index (χ3v) is 6.57. The van der Waals surface area contributed by atoms with Gasteiger partial charge in [0.2, 0.25) is 5.78 Å². The van der Waals surface area contributed by atoms with Crippen LogP contribution in [0.5, 0.6) is 11.5 Å². The zero-order valence-corrected chi connectivity index (χ0v) is 19.6. The average Bonchev–Trinajstić information content (AvgIpc) is 2.83. The molecule has 0 radical (unpaired) electrons. The Morgan fingerprint density at radius 2 is 1.65 bits per heavy atom. The van der Waals surface area contributed by atoms with Crippen LogP contribution in [0.15, 0.2) is 71.6 Å². The van der Waals surface area contributed by atoms with E-state index in [2.05, 4.69) is 4.72 Å². The number of anilines is 1. The van der Waals surface area contributed by atoms with E-state index in [1.54, 1.807) is 18.2 Å². The van der Waals surface area contributed by atoms with Crippen molar-refractivity contribution in [3.8, 4) is 11.5 Å². The van der Waals surface area contributed by atoms with Crippen molar-refractivity contribution >= 4 is 39.1 Å². The summed E-state index contributed by atoms with van der Waals surface area (Å²) in [6.07, 6.45) is -1.03. The number of esters is 1. The minimum Gasteiger partial charge on any atom is -0.486 e. The first-order valence-electron chi connectivity index (χ1n) is 10.3. The molecule has 0 spiro atoms. The van der Waals surface area contributed by atoms with Crippen LogP contribution in [0.2, 0.25) is 5.02 Å². The van der Waals surface area contributed by atoms with Crippen LogP contribution in [0.4, 0.5) is 5.69 Å². The molecule has 0 bridgehead atoms. The molecule has 34 heavy (non-hydrogen) atoms. The van der Waals surface area contributed by atoms with Crippen LogP contribution in [0.3, 0.4) is 0 Å². The van der Waals surface area contributed by atoms with Crippen molar-refractivity contribution in [1.29, 1.82) is 0 Å². The molecule has 0 aliphatic carbocycles. The third kappa shape index (κ3) is 5.32. The maximum absolute atomic E-state index is 12.7. The number of ether oxygens (including phenoxy) is 3. The zero-order chi connectivity index (χ0) is 24.3. The predicted octanol–water partition coefficient (Wildman–Crippen LogP) is 4.34. The van der Waals surface area contributed by atoms with E-state index in [9.17, 15) is 18.0 Å². The summed E-state index contributed by atoms with van der Waals surface area (Å²) in [6, 6.07) is 16.4. The molecule has 1 atom stereocenters. The van der Waals surface area contributed by atoms with Gasteiger partial charge in [0.1, 0.15) is 13.2 Å². The monoisotopic (exact) mass is 501 g/mol. The molecule has 0 fully saturated rings.